The quantitative estimate of drug-likeness (QED) is 0.592. The van der Waals surface area contributed by atoms with Crippen LogP contribution in [0.5, 0.6) is 11.5 Å². The van der Waals surface area contributed by atoms with Gasteiger partial charge in [0.25, 0.3) is 5.91 Å². The molecule has 0 spiro atoms. The predicted molar refractivity (Wildman–Crippen MR) is 100 cm³/mol. The van der Waals surface area contributed by atoms with Crippen LogP contribution < -0.4 is 14.8 Å². The van der Waals surface area contributed by atoms with Gasteiger partial charge in [-0.15, -0.1) is 0 Å². The van der Waals surface area contributed by atoms with Gasteiger partial charge in [-0.25, -0.2) is 4.68 Å². The lowest BCUT2D eigenvalue weighted by Crippen LogP contribution is -2.19. The van der Waals surface area contributed by atoms with Crippen LogP contribution in [-0.2, 0) is 6.73 Å². The maximum Gasteiger partial charge on any atom is 0.422 e. The summed E-state index contributed by atoms with van der Waals surface area (Å²) in [5.74, 6) is -0.00684. The molecule has 0 aliphatic heterocycles. The fourth-order valence-corrected chi connectivity index (χ4v) is 2.47. The Bertz CT molecular complexity index is 992. The summed E-state index contributed by atoms with van der Waals surface area (Å²) in [6.45, 7) is -1.34. The lowest BCUT2D eigenvalue weighted by Gasteiger charge is -2.10. The third-order valence-corrected chi connectivity index (χ3v) is 3.78. The first kappa shape index (κ1) is 20.5. The predicted octanol–water partition coefficient (Wildman–Crippen LogP) is 4.77. The van der Waals surface area contributed by atoms with E-state index in [1.54, 1.807) is 30.5 Å². The van der Waals surface area contributed by atoms with E-state index in [0.29, 0.717) is 16.5 Å². The largest absolute Gasteiger partial charge is 0.484 e. The molecule has 1 aromatic heterocycles. The van der Waals surface area contributed by atoms with Gasteiger partial charge in [-0.3, -0.25) is 4.79 Å². The molecule has 1 heterocycles. The maximum absolute atomic E-state index is 12.3. The number of carbonyl (C=O) groups is 1. The van der Waals surface area contributed by atoms with Crippen molar-refractivity contribution in [2.75, 3.05) is 11.9 Å². The number of anilines is 1. The Morgan fingerprint density at radius 1 is 1.10 bits per heavy atom. The Kier molecular flexibility index (Phi) is 6.28. The molecule has 0 atom stereocenters. The van der Waals surface area contributed by atoms with Gasteiger partial charge in [0.1, 0.15) is 11.5 Å². The second-order valence-electron chi connectivity index (χ2n) is 5.89. The van der Waals surface area contributed by atoms with E-state index in [0.717, 1.165) is 0 Å². The van der Waals surface area contributed by atoms with Crippen LogP contribution in [0.15, 0.2) is 60.9 Å². The molecule has 1 N–H and O–H groups in total. The number of rotatable bonds is 7. The number of ether oxygens (including phenoxy) is 2. The van der Waals surface area contributed by atoms with Crippen LogP contribution in [0.2, 0.25) is 5.02 Å². The summed E-state index contributed by atoms with van der Waals surface area (Å²) in [6.07, 6.45) is -1.49. The van der Waals surface area contributed by atoms with E-state index in [-0.39, 0.29) is 18.0 Å². The topological polar surface area (TPSA) is 65.4 Å². The fourth-order valence-electron chi connectivity index (χ4n) is 2.29. The van der Waals surface area contributed by atoms with Crippen LogP contribution in [-0.4, -0.2) is 28.5 Å². The molecule has 0 fully saturated rings. The highest BCUT2D eigenvalue weighted by Gasteiger charge is 2.28. The number of aromatic nitrogens is 2. The van der Waals surface area contributed by atoms with E-state index < -0.39 is 18.7 Å². The number of nitrogens with one attached hydrogen (secondary N) is 1. The highest BCUT2D eigenvalue weighted by atomic mass is 35.5. The van der Waals surface area contributed by atoms with Crippen LogP contribution in [0, 0.1) is 0 Å². The van der Waals surface area contributed by atoms with E-state index in [2.05, 4.69) is 15.2 Å². The van der Waals surface area contributed by atoms with Crippen molar-refractivity contribution in [3.63, 3.8) is 0 Å². The summed E-state index contributed by atoms with van der Waals surface area (Å²) in [7, 11) is 0. The molecule has 2 aromatic carbocycles. The minimum atomic E-state index is -4.46. The van der Waals surface area contributed by atoms with Gasteiger partial charge in [-0.1, -0.05) is 23.7 Å². The standard InChI is InChI=1S/C19H15ClF3N3O3/c20-14-4-2-6-17(8-14)29-12-26-10-15(9-24-26)25-18(27)13-3-1-5-16(7-13)28-11-19(21,22)23/h1-10H,11-12H2,(H,25,27). The Morgan fingerprint density at radius 3 is 2.55 bits per heavy atom. The molecule has 1 amide bonds. The Morgan fingerprint density at radius 2 is 1.83 bits per heavy atom. The lowest BCUT2D eigenvalue weighted by atomic mass is 10.2. The average molecular weight is 426 g/mol. The summed E-state index contributed by atoms with van der Waals surface area (Å²) in [5.41, 5.74) is 0.541. The first-order valence-electron chi connectivity index (χ1n) is 8.30. The number of halogens is 4. The van der Waals surface area contributed by atoms with Gasteiger partial charge < -0.3 is 14.8 Å². The average Bonchev–Trinajstić information content (AvgIpc) is 3.12. The SMILES string of the molecule is O=C(Nc1cnn(COc2cccc(Cl)c2)c1)c1cccc(OCC(F)(F)F)c1. The van der Waals surface area contributed by atoms with E-state index in [9.17, 15) is 18.0 Å². The van der Waals surface area contributed by atoms with Gasteiger partial charge in [-0.2, -0.15) is 18.3 Å². The lowest BCUT2D eigenvalue weighted by molar-refractivity contribution is -0.153. The van der Waals surface area contributed by atoms with E-state index in [4.69, 9.17) is 16.3 Å². The smallest absolute Gasteiger partial charge is 0.422 e. The summed E-state index contributed by atoms with van der Waals surface area (Å²) >= 11 is 5.88. The molecular formula is C19H15ClF3N3O3. The summed E-state index contributed by atoms with van der Waals surface area (Å²) in [6, 6.07) is 12.3. The van der Waals surface area contributed by atoms with Crippen LogP contribution in [0.3, 0.4) is 0 Å². The van der Waals surface area contributed by atoms with E-state index >= 15 is 0 Å². The van der Waals surface area contributed by atoms with Crippen molar-refractivity contribution in [1.29, 1.82) is 0 Å². The molecule has 0 radical (unpaired) electrons. The molecule has 0 saturated carbocycles. The summed E-state index contributed by atoms with van der Waals surface area (Å²) < 4.78 is 48.4. The van der Waals surface area contributed by atoms with E-state index in [1.165, 1.54) is 35.1 Å². The molecule has 29 heavy (non-hydrogen) atoms. The van der Waals surface area contributed by atoms with Crippen molar-refractivity contribution >= 4 is 23.2 Å². The van der Waals surface area contributed by atoms with Crippen LogP contribution in [0.1, 0.15) is 10.4 Å². The second kappa shape index (κ2) is 8.87. The molecule has 0 bridgehead atoms. The van der Waals surface area contributed by atoms with Crippen LogP contribution in [0.4, 0.5) is 18.9 Å². The molecule has 10 heteroatoms. The third-order valence-electron chi connectivity index (χ3n) is 3.55. The summed E-state index contributed by atoms with van der Waals surface area (Å²) in [4.78, 5) is 12.3. The Hall–Kier alpha value is -3.20. The first-order chi connectivity index (χ1) is 13.8. The molecule has 0 aliphatic rings. The number of hydrogen-bond acceptors (Lipinski definition) is 4. The molecule has 3 rings (SSSR count). The second-order valence-corrected chi connectivity index (χ2v) is 6.32. The van der Waals surface area contributed by atoms with Crippen LogP contribution >= 0.6 is 11.6 Å². The van der Waals surface area contributed by atoms with Gasteiger partial charge >= 0.3 is 6.18 Å². The fraction of sp³-hybridized carbons (Fsp3) is 0.158. The van der Waals surface area contributed by atoms with Crippen molar-refractivity contribution in [2.45, 2.75) is 12.9 Å². The van der Waals surface area contributed by atoms with Crippen LogP contribution in [0.25, 0.3) is 0 Å². The third kappa shape index (κ3) is 6.42. The number of nitrogens with zero attached hydrogens (tertiary/aromatic N) is 2. The van der Waals surface area contributed by atoms with Crippen molar-refractivity contribution in [3.8, 4) is 11.5 Å². The number of benzene rings is 2. The van der Waals surface area contributed by atoms with Gasteiger partial charge in [-0.05, 0) is 36.4 Å². The van der Waals surface area contributed by atoms with E-state index in [1.807, 2.05) is 0 Å². The molecular weight excluding hydrogens is 411 g/mol. The highest BCUT2D eigenvalue weighted by Crippen LogP contribution is 2.20. The molecule has 152 valence electrons. The molecule has 0 saturated heterocycles. The zero-order valence-corrected chi connectivity index (χ0v) is 15.6. The van der Waals surface area contributed by atoms with Crippen molar-refractivity contribution in [3.05, 3.63) is 71.5 Å². The number of carbonyl (C=O) groups excluding carboxylic acids is 1. The number of alkyl halides is 3. The van der Waals surface area contributed by atoms with Gasteiger partial charge in [0.15, 0.2) is 13.3 Å². The molecule has 0 aliphatic carbocycles. The Balaban J connectivity index is 1.57. The van der Waals surface area contributed by atoms with Crippen molar-refractivity contribution < 1.29 is 27.4 Å². The molecule has 3 aromatic rings. The molecule has 0 unspecified atom stereocenters. The number of amides is 1. The van der Waals surface area contributed by atoms with Crippen molar-refractivity contribution in [2.24, 2.45) is 0 Å². The summed E-state index contributed by atoms with van der Waals surface area (Å²) in [5, 5.41) is 7.22. The normalized spacial score (nSPS) is 11.2. The van der Waals surface area contributed by atoms with Gasteiger partial charge in [0, 0.05) is 10.6 Å². The Labute approximate surface area is 168 Å². The maximum atomic E-state index is 12.3. The van der Waals surface area contributed by atoms with Gasteiger partial charge in [0.2, 0.25) is 0 Å². The number of hydrogen-bond donors (Lipinski definition) is 1. The molecule has 6 nitrogen and oxygen atoms in total. The zero-order valence-electron chi connectivity index (χ0n) is 14.8. The minimum Gasteiger partial charge on any atom is -0.484 e. The zero-order chi connectivity index (χ0) is 20.9. The van der Waals surface area contributed by atoms with Gasteiger partial charge in [0.05, 0.1) is 18.1 Å². The monoisotopic (exact) mass is 425 g/mol. The first-order valence-corrected chi connectivity index (χ1v) is 8.68. The highest BCUT2D eigenvalue weighted by molar-refractivity contribution is 6.30. The van der Waals surface area contributed by atoms with Crippen molar-refractivity contribution in [1.82, 2.24) is 9.78 Å². The minimum absolute atomic E-state index is 0.0550.